The molecule has 2 atom stereocenters. The molecule has 0 radical (unpaired) electrons. The molecule has 19 heavy (non-hydrogen) atoms. The predicted molar refractivity (Wildman–Crippen MR) is 80.0 cm³/mol. The van der Waals surface area contributed by atoms with E-state index in [9.17, 15) is 0 Å². The Morgan fingerprint density at radius 1 is 0.842 bits per heavy atom. The summed E-state index contributed by atoms with van der Waals surface area (Å²) in [6.45, 7) is 0. The van der Waals surface area contributed by atoms with Crippen molar-refractivity contribution in [3.63, 3.8) is 0 Å². The molecule has 0 heterocycles. The molecule has 0 amide bonds. The van der Waals surface area contributed by atoms with Crippen LogP contribution in [0.4, 0.5) is 0 Å². The quantitative estimate of drug-likeness (QED) is 0.657. The van der Waals surface area contributed by atoms with E-state index < -0.39 is 0 Å². The summed E-state index contributed by atoms with van der Waals surface area (Å²) in [4.78, 5) is 0. The Balaban J connectivity index is 1.69. The maximum atomic E-state index is 2.46. The molecule has 0 N–H and O–H groups in total. The van der Waals surface area contributed by atoms with Crippen molar-refractivity contribution in [2.45, 2.75) is 24.7 Å². The van der Waals surface area contributed by atoms with E-state index in [0.29, 0.717) is 5.41 Å². The van der Waals surface area contributed by atoms with Crippen molar-refractivity contribution in [3.8, 4) is 11.1 Å². The Hall–Kier alpha value is -1.82. The maximum absolute atomic E-state index is 2.46. The van der Waals surface area contributed by atoms with Crippen LogP contribution in [0, 0.1) is 5.92 Å². The van der Waals surface area contributed by atoms with Crippen molar-refractivity contribution in [2.75, 3.05) is 0 Å². The lowest BCUT2D eigenvalue weighted by Gasteiger charge is -2.24. The highest BCUT2D eigenvalue weighted by atomic mass is 14.4. The number of hydrogen-bond acceptors (Lipinski definition) is 0. The lowest BCUT2D eigenvalue weighted by molar-refractivity contribution is 0.567. The van der Waals surface area contributed by atoms with Crippen molar-refractivity contribution >= 4 is 0 Å². The third-order valence-corrected chi connectivity index (χ3v) is 4.84. The number of rotatable bonds is 2. The SMILES string of the molecule is C1=CC2(c3ccc(-c4ccccc4)cc3)CCC1C2. The van der Waals surface area contributed by atoms with Crippen molar-refractivity contribution in [3.05, 3.63) is 72.3 Å². The van der Waals surface area contributed by atoms with Gasteiger partial charge in [0.2, 0.25) is 0 Å². The average molecular weight is 246 g/mol. The van der Waals surface area contributed by atoms with E-state index in [1.165, 1.54) is 36.0 Å². The summed E-state index contributed by atoms with van der Waals surface area (Å²) >= 11 is 0. The fourth-order valence-electron chi connectivity index (χ4n) is 3.73. The molecule has 4 rings (SSSR count). The van der Waals surface area contributed by atoms with E-state index in [0.717, 1.165) is 5.92 Å². The van der Waals surface area contributed by atoms with E-state index in [1.807, 2.05) is 0 Å². The molecule has 2 aromatic carbocycles. The minimum absolute atomic E-state index is 0.361. The predicted octanol–water partition coefficient (Wildman–Crippen LogP) is 4.96. The van der Waals surface area contributed by atoms with Crippen LogP contribution in [0.15, 0.2) is 66.7 Å². The van der Waals surface area contributed by atoms with Crippen LogP contribution < -0.4 is 0 Å². The van der Waals surface area contributed by atoms with Gasteiger partial charge in [-0.2, -0.15) is 0 Å². The summed E-state index contributed by atoms with van der Waals surface area (Å²) in [7, 11) is 0. The number of hydrogen-bond donors (Lipinski definition) is 0. The third kappa shape index (κ3) is 1.74. The second kappa shape index (κ2) is 4.09. The highest BCUT2D eigenvalue weighted by molar-refractivity contribution is 5.64. The van der Waals surface area contributed by atoms with Crippen LogP contribution in [-0.4, -0.2) is 0 Å². The summed E-state index contributed by atoms with van der Waals surface area (Å²) < 4.78 is 0. The minimum Gasteiger partial charge on any atom is -0.0845 e. The van der Waals surface area contributed by atoms with Gasteiger partial charge in [-0.1, -0.05) is 66.7 Å². The number of fused-ring (bicyclic) bond motifs is 2. The molecule has 1 saturated carbocycles. The standard InChI is InChI=1S/C19H18/c1-2-4-16(5-3-1)17-6-8-18(9-7-17)19-12-10-15(14-19)11-13-19/h1-10,12,15H,11,13-14H2. The van der Waals surface area contributed by atoms with Crippen LogP contribution in [-0.2, 0) is 5.41 Å². The van der Waals surface area contributed by atoms with Crippen LogP contribution in [0.3, 0.4) is 0 Å². The molecule has 1 fully saturated rings. The van der Waals surface area contributed by atoms with E-state index >= 15 is 0 Å². The van der Waals surface area contributed by atoms with Crippen LogP contribution in [0.1, 0.15) is 24.8 Å². The smallest absolute Gasteiger partial charge is 0.0138 e. The molecule has 0 aromatic heterocycles. The van der Waals surface area contributed by atoms with Gasteiger partial charge in [-0.05, 0) is 41.9 Å². The second-order valence-corrected chi connectivity index (χ2v) is 5.96. The first-order valence-electron chi connectivity index (χ1n) is 7.21. The largest absolute Gasteiger partial charge is 0.0845 e. The van der Waals surface area contributed by atoms with Gasteiger partial charge in [0, 0.05) is 5.41 Å². The zero-order chi connectivity index (χ0) is 12.7. The van der Waals surface area contributed by atoms with Crippen LogP contribution in [0.25, 0.3) is 11.1 Å². The van der Waals surface area contributed by atoms with Gasteiger partial charge in [0.05, 0.1) is 0 Å². The fourth-order valence-corrected chi connectivity index (χ4v) is 3.73. The minimum atomic E-state index is 0.361. The molecule has 0 spiro atoms. The Kier molecular flexibility index (Phi) is 2.38. The molecular formula is C19H18. The summed E-state index contributed by atoms with van der Waals surface area (Å²) in [5.41, 5.74) is 4.48. The molecule has 2 aliphatic rings. The molecule has 0 saturated heterocycles. The van der Waals surface area contributed by atoms with Gasteiger partial charge in [-0.3, -0.25) is 0 Å². The third-order valence-electron chi connectivity index (χ3n) is 4.84. The van der Waals surface area contributed by atoms with Crippen molar-refractivity contribution in [1.29, 1.82) is 0 Å². The van der Waals surface area contributed by atoms with Gasteiger partial charge in [0.1, 0.15) is 0 Å². The van der Waals surface area contributed by atoms with Gasteiger partial charge in [0.15, 0.2) is 0 Å². The molecule has 2 bridgehead atoms. The molecule has 0 heteroatoms. The lowest BCUT2D eigenvalue weighted by Crippen LogP contribution is -2.16. The molecular weight excluding hydrogens is 228 g/mol. The first-order chi connectivity index (χ1) is 9.36. The first-order valence-corrected chi connectivity index (χ1v) is 7.21. The Labute approximate surface area is 114 Å². The Morgan fingerprint density at radius 2 is 1.58 bits per heavy atom. The van der Waals surface area contributed by atoms with E-state index in [1.54, 1.807) is 0 Å². The van der Waals surface area contributed by atoms with Gasteiger partial charge in [-0.25, -0.2) is 0 Å². The Morgan fingerprint density at radius 3 is 2.16 bits per heavy atom. The zero-order valence-electron chi connectivity index (χ0n) is 11.0. The molecule has 0 aliphatic heterocycles. The van der Waals surface area contributed by atoms with Gasteiger partial charge in [-0.15, -0.1) is 0 Å². The normalized spacial score (nSPS) is 27.9. The van der Waals surface area contributed by atoms with Crippen molar-refractivity contribution in [2.24, 2.45) is 5.92 Å². The molecule has 94 valence electrons. The number of allylic oxidation sites excluding steroid dienone is 2. The summed E-state index contributed by atoms with van der Waals surface area (Å²) in [5.74, 6) is 0.841. The molecule has 2 unspecified atom stereocenters. The zero-order valence-corrected chi connectivity index (χ0v) is 11.0. The van der Waals surface area contributed by atoms with Crippen molar-refractivity contribution in [1.82, 2.24) is 0 Å². The van der Waals surface area contributed by atoms with Gasteiger partial charge < -0.3 is 0 Å². The first kappa shape index (κ1) is 11.0. The van der Waals surface area contributed by atoms with E-state index in [4.69, 9.17) is 0 Å². The highest BCUT2D eigenvalue weighted by Gasteiger charge is 2.41. The molecule has 0 nitrogen and oxygen atoms in total. The summed E-state index contributed by atoms with van der Waals surface area (Å²) in [6.07, 6.45) is 8.92. The highest BCUT2D eigenvalue weighted by Crippen LogP contribution is 2.50. The van der Waals surface area contributed by atoms with E-state index in [-0.39, 0.29) is 0 Å². The average Bonchev–Trinajstić information content (AvgIpc) is 3.10. The van der Waals surface area contributed by atoms with Crippen LogP contribution in [0.5, 0.6) is 0 Å². The van der Waals surface area contributed by atoms with Gasteiger partial charge in [0.25, 0.3) is 0 Å². The van der Waals surface area contributed by atoms with Crippen LogP contribution in [0.2, 0.25) is 0 Å². The monoisotopic (exact) mass is 246 g/mol. The fraction of sp³-hybridized carbons (Fsp3) is 0.263. The lowest BCUT2D eigenvalue weighted by atomic mass is 9.80. The van der Waals surface area contributed by atoms with Crippen LogP contribution >= 0.6 is 0 Å². The molecule has 2 aromatic rings. The topological polar surface area (TPSA) is 0 Å². The van der Waals surface area contributed by atoms with E-state index in [2.05, 4.69) is 66.7 Å². The van der Waals surface area contributed by atoms with Crippen molar-refractivity contribution < 1.29 is 0 Å². The van der Waals surface area contributed by atoms with Gasteiger partial charge >= 0.3 is 0 Å². The maximum Gasteiger partial charge on any atom is 0.0138 e. The Bertz CT molecular complexity index is 606. The molecule has 2 aliphatic carbocycles. The summed E-state index contributed by atoms with van der Waals surface area (Å²) in [6, 6.07) is 19.8. The second-order valence-electron chi connectivity index (χ2n) is 5.96. The summed E-state index contributed by atoms with van der Waals surface area (Å²) in [5, 5.41) is 0. The number of benzene rings is 2.